The molecule has 0 saturated carbocycles. The second-order valence-electron chi connectivity index (χ2n) is 6.17. The fourth-order valence-corrected chi connectivity index (χ4v) is 3.08. The Balaban J connectivity index is 1.72. The van der Waals surface area contributed by atoms with Crippen molar-refractivity contribution in [3.8, 4) is 22.9 Å². The van der Waals surface area contributed by atoms with Crippen LogP contribution in [0.3, 0.4) is 0 Å². The Morgan fingerprint density at radius 1 is 1.00 bits per heavy atom. The Hall–Kier alpha value is -3.88. The van der Waals surface area contributed by atoms with Gasteiger partial charge in [-0.2, -0.15) is 0 Å². The van der Waals surface area contributed by atoms with Gasteiger partial charge in [-0.05, 0) is 11.6 Å². The van der Waals surface area contributed by atoms with Crippen LogP contribution in [0.15, 0.2) is 36.4 Å². The number of benzene rings is 2. The molecule has 2 heterocycles. The lowest BCUT2D eigenvalue weighted by molar-refractivity contribution is -0.120. The number of anilines is 1. The van der Waals surface area contributed by atoms with E-state index in [9.17, 15) is 9.59 Å². The van der Waals surface area contributed by atoms with E-state index in [0.29, 0.717) is 39.6 Å². The summed E-state index contributed by atoms with van der Waals surface area (Å²) in [5.41, 5.74) is 8.12. The van der Waals surface area contributed by atoms with Crippen molar-refractivity contribution in [1.29, 1.82) is 0 Å². The standard InChI is InChI=1S/C19H17N5O4/c1-27-13-7-11-12(8-14(13)28-2)21-17(23-16(11)20)10-5-3-9(4-6-10)15-18(25)24-19(26)22-15/h3-8,15H,1-2H3,(H2,20,21,23)(H2,22,24,25,26)/t15-/m1/s1. The molecule has 0 radical (unpaired) electrons. The van der Waals surface area contributed by atoms with Crippen molar-refractivity contribution in [3.05, 3.63) is 42.0 Å². The topological polar surface area (TPSA) is 128 Å². The van der Waals surface area contributed by atoms with Gasteiger partial charge in [-0.15, -0.1) is 0 Å². The molecule has 142 valence electrons. The third-order valence-corrected chi connectivity index (χ3v) is 4.51. The van der Waals surface area contributed by atoms with Crippen molar-refractivity contribution in [2.45, 2.75) is 6.04 Å². The highest BCUT2D eigenvalue weighted by Crippen LogP contribution is 2.34. The molecule has 1 aliphatic rings. The Morgan fingerprint density at radius 2 is 1.68 bits per heavy atom. The lowest BCUT2D eigenvalue weighted by Crippen LogP contribution is -2.22. The van der Waals surface area contributed by atoms with E-state index in [-0.39, 0.29) is 5.91 Å². The number of amides is 3. The van der Waals surface area contributed by atoms with Crippen LogP contribution in [0.25, 0.3) is 22.3 Å². The number of imide groups is 1. The summed E-state index contributed by atoms with van der Waals surface area (Å²) in [4.78, 5) is 32.0. The number of nitrogens with one attached hydrogen (secondary N) is 2. The van der Waals surface area contributed by atoms with Crippen LogP contribution in [0.5, 0.6) is 11.5 Å². The first-order valence-corrected chi connectivity index (χ1v) is 8.41. The minimum Gasteiger partial charge on any atom is -0.493 e. The number of hydrogen-bond acceptors (Lipinski definition) is 7. The zero-order valence-electron chi connectivity index (χ0n) is 15.1. The summed E-state index contributed by atoms with van der Waals surface area (Å²) in [6.07, 6.45) is 0. The molecule has 4 N–H and O–H groups in total. The van der Waals surface area contributed by atoms with Crippen LogP contribution in [0.4, 0.5) is 10.6 Å². The molecule has 0 bridgehead atoms. The number of nitrogen functional groups attached to an aromatic ring is 1. The second-order valence-corrected chi connectivity index (χ2v) is 6.17. The summed E-state index contributed by atoms with van der Waals surface area (Å²) in [6, 6.07) is 9.28. The number of urea groups is 1. The minimum absolute atomic E-state index is 0.312. The number of methoxy groups -OCH3 is 2. The first-order chi connectivity index (χ1) is 13.5. The number of carbonyl (C=O) groups excluding carboxylic acids is 2. The van der Waals surface area contributed by atoms with Gasteiger partial charge in [-0.25, -0.2) is 14.8 Å². The normalized spacial score (nSPS) is 16.0. The van der Waals surface area contributed by atoms with E-state index >= 15 is 0 Å². The molecule has 1 atom stereocenters. The summed E-state index contributed by atoms with van der Waals surface area (Å²) in [5.74, 6) is 1.44. The van der Waals surface area contributed by atoms with Crippen LogP contribution in [0.2, 0.25) is 0 Å². The van der Waals surface area contributed by atoms with E-state index in [1.54, 1.807) is 50.6 Å². The van der Waals surface area contributed by atoms with Gasteiger partial charge < -0.3 is 20.5 Å². The Kier molecular flexibility index (Phi) is 4.19. The van der Waals surface area contributed by atoms with Gasteiger partial charge in [0.1, 0.15) is 11.9 Å². The minimum atomic E-state index is -0.708. The van der Waals surface area contributed by atoms with E-state index in [0.717, 1.165) is 5.56 Å². The molecular formula is C19H17N5O4. The molecule has 3 amide bonds. The molecule has 3 aromatic rings. The lowest BCUT2D eigenvalue weighted by Gasteiger charge is -2.12. The maximum Gasteiger partial charge on any atom is 0.322 e. The number of ether oxygens (including phenoxy) is 2. The molecule has 4 rings (SSSR count). The van der Waals surface area contributed by atoms with Gasteiger partial charge in [-0.3, -0.25) is 10.1 Å². The Morgan fingerprint density at radius 3 is 2.29 bits per heavy atom. The predicted octanol–water partition coefficient (Wildman–Crippen LogP) is 1.78. The number of nitrogens with two attached hydrogens (primary N) is 1. The summed E-state index contributed by atoms with van der Waals surface area (Å²) < 4.78 is 10.6. The highest BCUT2D eigenvalue weighted by Gasteiger charge is 2.30. The molecule has 9 heteroatoms. The van der Waals surface area contributed by atoms with Crippen molar-refractivity contribution in [2.24, 2.45) is 0 Å². The third-order valence-electron chi connectivity index (χ3n) is 4.51. The fraction of sp³-hybridized carbons (Fsp3) is 0.158. The van der Waals surface area contributed by atoms with Crippen molar-refractivity contribution >= 4 is 28.7 Å². The Labute approximate surface area is 159 Å². The molecule has 28 heavy (non-hydrogen) atoms. The number of fused-ring (bicyclic) bond motifs is 1. The van der Waals surface area contributed by atoms with E-state index in [1.165, 1.54) is 0 Å². The number of rotatable bonds is 4. The van der Waals surface area contributed by atoms with Crippen LogP contribution in [0.1, 0.15) is 11.6 Å². The van der Waals surface area contributed by atoms with Gasteiger partial charge in [0.15, 0.2) is 17.3 Å². The van der Waals surface area contributed by atoms with Gasteiger partial charge in [0, 0.05) is 17.0 Å². The second kappa shape index (κ2) is 6.69. The van der Waals surface area contributed by atoms with Gasteiger partial charge in [0.05, 0.1) is 19.7 Å². The summed E-state index contributed by atoms with van der Waals surface area (Å²) in [5, 5.41) is 5.42. The van der Waals surface area contributed by atoms with Crippen molar-refractivity contribution in [1.82, 2.24) is 20.6 Å². The smallest absolute Gasteiger partial charge is 0.322 e. The first-order valence-electron chi connectivity index (χ1n) is 8.41. The van der Waals surface area contributed by atoms with Crippen molar-refractivity contribution < 1.29 is 19.1 Å². The van der Waals surface area contributed by atoms with E-state index in [4.69, 9.17) is 15.2 Å². The average molecular weight is 379 g/mol. The molecule has 0 unspecified atom stereocenters. The van der Waals surface area contributed by atoms with Crippen LogP contribution in [-0.4, -0.2) is 36.1 Å². The SMILES string of the molecule is COc1cc2nc(-c3ccc([C@H]4NC(=O)NC4=O)cc3)nc(N)c2cc1OC. The monoisotopic (exact) mass is 379 g/mol. The van der Waals surface area contributed by atoms with E-state index in [1.807, 2.05) is 0 Å². The van der Waals surface area contributed by atoms with Gasteiger partial charge in [-0.1, -0.05) is 24.3 Å². The molecule has 1 saturated heterocycles. The van der Waals surface area contributed by atoms with Crippen LogP contribution in [-0.2, 0) is 4.79 Å². The zero-order chi connectivity index (χ0) is 19.8. The van der Waals surface area contributed by atoms with Crippen LogP contribution >= 0.6 is 0 Å². The number of nitrogens with zero attached hydrogens (tertiary/aromatic N) is 2. The highest BCUT2D eigenvalue weighted by molar-refractivity contribution is 6.04. The molecule has 0 spiro atoms. The summed E-state index contributed by atoms with van der Waals surface area (Å²) >= 11 is 0. The van der Waals surface area contributed by atoms with Gasteiger partial charge >= 0.3 is 6.03 Å². The van der Waals surface area contributed by atoms with E-state index < -0.39 is 12.1 Å². The summed E-state index contributed by atoms with van der Waals surface area (Å²) in [7, 11) is 3.09. The maximum absolute atomic E-state index is 11.8. The van der Waals surface area contributed by atoms with Gasteiger partial charge in [0.25, 0.3) is 5.91 Å². The van der Waals surface area contributed by atoms with Crippen molar-refractivity contribution in [2.75, 3.05) is 20.0 Å². The lowest BCUT2D eigenvalue weighted by atomic mass is 10.0. The molecule has 9 nitrogen and oxygen atoms in total. The maximum atomic E-state index is 11.8. The first kappa shape index (κ1) is 17.5. The van der Waals surface area contributed by atoms with Crippen molar-refractivity contribution in [3.63, 3.8) is 0 Å². The zero-order valence-corrected chi connectivity index (χ0v) is 15.1. The van der Waals surface area contributed by atoms with E-state index in [2.05, 4.69) is 20.6 Å². The summed E-state index contributed by atoms with van der Waals surface area (Å²) in [6.45, 7) is 0. The molecule has 1 aliphatic heterocycles. The van der Waals surface area contributed by atoms with Crippen LogP contribution in [0, 0.1) is 0 Å². The molecule has 1 aromatic heterocycles. The predicted molar refractivity (Wildman–Crippen MR) is 102 cm³/mol. The quantitative estimate of drug-likeness (QED) is 0.589. The molecule has 1 fully saturated rings. The average Bonchev–Trinajstić information content (AvgIpc) is 3.05. The number of hydrogen-bond donors (Lipinski definition) is 3. The fourth-order valence-electron chi connectivity index (χ4n) is 3.08. The van der Waals surface area contributed by atoms with Crippen LogP contribution < -0.4 is 25.8 Å². The number of carbonyl (C=O) groups is 2. The molecular weight excluding hydrogens is 362 g/mol. The van der Waals surface area contributed by atoms with Gasteiger partial charge in [0.2, 0.25) is 0 Å². The number of aromatic nitrogens is 2. The largest absolute Gasteiger partial charge is 0.493 e. The molecule has 2 aromatic carbocycles. The highest BCUT2D eigenvalue weighted by atomic mass is 16.5. The third kappa shape index (κ3) is 2.92. The molecule has 0 aliphatic carbocycles. The Bertz CT molecular complexity index is 1100.